The van der Waals surface area contributed by atoms with E-state index in [9.17, 15) is 40.9 Å². The van der Waals surface area contributed by atoms with Crippen LogP contribution in [0.3, 0.4) is 0 Å². The van der Waals surface area contributed by atoms with Crippen molar-refractivity contribution in [2.45, 2.75) is 18.1 Å². The van der Waals surface area contributed by atoms with Gasteiger partial charge in [-0.3, -0.25) is 0 Å². The summed E-state index contributed by atoms with van der Waals surface area (Å²) in [5.74, 6) is -3.40. The summed E-state index contributed by atoms with van der Waals surface area (Å²) in [6.45, 7) is 0. The van der Waals surface area contributed by atoms with Crippen molar-refractivity contribution in [2.24, 2.45) is 0 Å². The highest BCUT2D eigenvalue weighted by Crippen LogP contribution is 2.54. The Morgan fingerprint density at radius 2 is 1.18 bits per heavy atom. The maximum atomic E-state index is 11.4. The summed E-state index contributed by atoms with van der Waals surface area (Å²) in [6.07, 6.45) is 0.695. The predicted octanol–water partition coefficient (Wildman–Crippen LogP) is 4.42. The van der Waals surface area contributed by atoms with Gasteiger partial charge in [-0.2, -0.15) is 0 Å². The van der Waals surface area contributed by atoms with Crippen molar-refractivity contribution in [2.75, 3.05) is 0 Å². The highest BCUT2D eigenvalue weighted by molar-refractivity contribution is 5.73. The van der Waals surface area contributed by atoms with Crippen molar-refractivity contribution >= 4 is 12.2 Å². The van der Waals surface area contributed by atoms with Gasteiger partial charge in [-0.05, 0) is 53.1 Å². The molecule has 0 fully saturated rings. The van der Waals surface area contributed by atoms with E-state index in [4.69, 9.17) is 4.74 Å². The Hall–Kier alpha value is -5.02. The molecular weight excluding hydrogens is 492 g/mol. The molecule has 0 saturated carbocycles. The lowest BCUT2D eigenvalue weighted by molar-refractivity contribution is 0.00645. The Morgan fingerprint density at radius 1 is 0.553 bits per heavy atom. The largest absolute Gasteiger partial charge is 0.508 e. The number of rotatable bonds is 4. The minimum absolute atomic E-state index is 0.00883. The van der Waals surface area contributed by atoms with Crippen LogP contribution in [0.1, 0.15) is 39.8 Å². The van der Waals surface area contributed by atoms with E-state index in [1.165, 1.54) is 48.5 Å². The van der Waals surface area contributed by atoms with Gasteiger partial charge in [0.15, 0.2) is 17.6 Å². The number of hydrogen-bond acceptors (Lipinski definition) is 9. The van der Waals surface area contributed by atoms with Gasteiger partial charge >= 0.3 is 0 Å². The Balaban J connectivity index is 1.60. The van der Waals surface area contributed by atoms with Crippen LogP contribution in [-0.4, -0.2) is 47.0 Å². The molecule has 0 unspecified atom stereocenters. The molecule has 38 heavy (non-hydrogen) atoms. The summed E-state index contributed by atoms with van der Waals surface area (Å²) >= 11 is 0. The Labute approximate surface area is 216 Å². The third-order valence-electron chi connectivity index (χ3n) is 6.48. The Morgan fingerprint density at radius 3 is 1.84 bits per heavy atom. The molecule has 3 atom stereocenters. The molecular formula is C29H24O9. The lowest BCUT2D eigenvalue weighted by Gasteiger charge is -2.38. The second kappa shape index (κ2) is 9.45. The standard InChI is InChI=1S/C29H24O9/c30-17-6-3-14(4-7-17)1-2-15-9-21(34)25(22(35)10-15)27-26-23(36)12-18(31)13-24(26)38-29(28(27)37)16-5-8-19(32)20(33)11-16/h1-13,27-37H/t27-,28+,29+/m0/s1. The quantitative estimate of drug-likeness (QED) is 0.144. The van der Waals surface area contributed by atoms with Crippen LogP contribution in [0.15, 0.2) is 66.7 Å². The van der Waals surface area contributed by atoms with E-state index in [1.807, 2.05) is 0 Å². The molecule has 9 nitrogen and oxygen atoms in total. The van der Waals surface area contributed by atoms with E-state index < -0.39 is 29.6 Å². The molecule has 0 saturated heterocycles. The number of phenols is 7. The van der Waals surface area contributed by atoms with E-state index in [2.05, 4.69) is 0 Å². The summed E-state index contributed by atoms with van der Waals surface area (Å²) < 4.78 is 5.88. The molecule has 4 aromatic carbocycles. The summed E-state index contributed by atoms with van der Waals surface area (Å²) in [5, 5.41) is 83.3. The van der Waals surface area contributed by atoms with E-state index >= 15 is 0 Å². The number of ether oxygens (including phenoxy) is 1. The maximum absolute atomic E-state index is 11.4. The minimum Gasteiger partial charge on any atom is -0.508 e. The van der Waals surface area contributed by atoms with Gasteiger partial charge < -0.3 is 45.6 Å². The molecule has 9 heteroatoms. The first-order chi connectivity index (χ1) is 18.1. The zero-order chi connectivity index (χ0) is 27.1. The minimum atomic E-state index is -1.49. The molecule has 1 aliphatic heterocycles. The van der Waals surface area contributed by atoms with Crippen molar-refractivity contribution in [3.05, 3.63) is 94.5 Å². The number of aliphatic hydroxyl groups is 1. The predicted molar refractivity (Wildman–Crippen MR) is 138 cm³/mol. The topological polar surface area (TPSA) is 171 Å². The molecule has 0 bridgehead atoms. The van der Waals surface area contributed by atoms with Gasteiger partial charge in [-0.15, -0.1) is 0 Å². The number of aromatic hydroxyl groups is 7. The smallest absolute Gasteiger partial charge is 0.157 e. The lowest BCUT2D eigenvalue weighted by atomic mass is 9.78. The van der Waals surface area contributed by atoms with Crippen LogP contribution in [0, 0.1) is 0 Å². The number of aliphatic hydroxyl groups excluding tert-OH is 1. The van der Waals surface area contributed by atoms with E-state index in [0.29, 0.717) is 5.56 Å². The monoisotopic (exact) mass is 516 g/mol. The van der Waals surface area contributed by atoms with Gasteiger partial charge in [0.1, 0.15) is 40.6 Å². The van der Waals surface area contributed by atoms with Crippen LogP contribution in [0.4, 0.5) is 0 Å². The molecule has 1 heterocycles. The average molecular weight is 517 g/mol. The number of benzene rings is 4. The fourth-order valence-electron chi connectivity index (χ4n) is 4.69. The number of fused-ring (bicyclic) bond motifs is 1. The molecule has 0 spiro atoms. The van der Waals surface area contributed by atoms with Crippen LogP contribution in [-0.2, 0) is 0 Å². The molecule has 0 radical (unpaired) electrons. The molecule has 5 rings (SSSR count). The van der Waals surface area contributed by atoms with Crippen LogP contribution in [0.25, 0.3) is 12.2 Å². The fraction of sp³-hybridized carbons (Fsp3) is 0.103. The zero-order valence-corrected chi connectivity index (χ0v) is 19.7. The molecule has 1 aliphatic rings. The first-order valence-corrected chi connectivity index (χ1v) is 11.6. The van der Waals surface area contributed by atoms with E-state index in [1.54, 1.807) is 24.3 Å². The summed E-state index contributed by atoms with van der Waals surface area (Å²) in [4.78, 5) is 0. The zero-order valence-electron chi connectivity index (χ0n) is 19.7. The molecule has 0 aliphatic carbocycles. The van der Waals surface area contributed by atoms with Crippen LogP contribution in [0.5, 0.6) is 46.0 Å². The summed E-state index contributed by atoms with van der Waals surface area (Å²) in [5.41, 5.74) is 1.42. The van der Waals surface area contributed by atoms with Gasteiger partial charge in [0.25, 0.3) is 0 Å². The van der Waals surface area contributed by atoms with Crippen molar-refractivity contribution in [1.82, 2.24) is 0 Å². The average Bonchev–Trinajstić information content (AvgIpc) is 2.86. The van der Waals surface area contributed by atoms with E-state index in [0.717, 1.165) is 11.6 Å². The molecule has 0 aromatic heterocycles. The van der Waals surface area contributed by atoms with Crippen molar-refractivity contribution in [3.8, 4) is 46.0 Å². The molecule has 194 valence electrons. The van der Waals surface area contributed by atoms with Gasteiger partial charge in [0.05, 0.1) is 5.92 Å². The lowest BCUT2D eigenvalue weighted by Crippen LogP contribution is -2.35. The van der Waals surface area contributed by atoms with Gasteiger partial charge in [-0.1, -0.05) is 30.4 Å². The molecule has 8 N–H and O–H groups in total. The van der Waals surface area contributed by atoms with Crippen molar-refractivity contribution in [3.63, 3.8) is 0 Å². The number of phenolic OH excluding ortho intramolecular Hbond substituents is 7. The fourth-order valence-corrected chi connectivity index (χ4v) is 4.69. The summed E-state index contributed by atoms with van der Waals surface area (Å²) in [6, 6.07) is 15.3. The van der Waals surface area contributed by atoms with Crippen LogP contribution in [0.2, 0.25) is 0 Å². The molecule has 0 amide bonds. The maximum Gasteiger partial charge on any atom is 0.157 e. The Bertz CT molecular complexity index is 1520. The molecule has 4 aromatic rings. The first kappa shape index (κ1) is 24.7. The normalized spacial score (nSPS) is 18.7. The van der Waals surface area contributed by atoms with Gasteiger partial charge in [0.2, 0.25) is 0 Å². The highest BCUT2D eigenvalue weighted by atomic mass is 16.5. The second-order valence-electron chi connectivity index (χ2n) is 9.03. The summed E-state index contributed by atoms with van der Waals surface area (Å²) in [7, 11) is 0. The third-order valence-corrected chi connectivity index (χ3v) is 6.48. The number of hydrogen-bond donors (Lipinski definition) is 8. The third kappa shape index (κ3) is 4.46. The van der Waals surface area contributed by atoms with Crippen LogP contribution < -0.4 is 4.74 Å². The van der Waals surface area contributed by atoms with Crippen molar-refractivity contribution in [1.29, 1.82) is 0 Å². The van der Waals surface area contributed by atoms with Gasteiger partial charge in [0, 0.05) is 23.3 Å². The van der Waals surface area contributed by atoms with Crippen molar-refractivity contribution < 1.29 is 45.6 Å². The highest BCUT2D eigenvalue weighted by Gasteiger charge is 2.43. The SMILES string of the molecule is Oc1ccc(C=Cc2cc(O)c([C@H]3c4c(O)cc(O)cc4O[C@H](c4ccc(O)c(O)c4)[C@@H]3O)c(O)c2)cc1. The Kier molecular flexibility index (Phi) is 6.14. The van der Waals surface area contributed by atoms with E-state index in [-0.39, 0.29) is 51.2 Å². The second-order valence-corrected chi connectivity index (χ2v) is 9.03. The van der Waals surface area contributed by atoms with Gasteiger partial charge in [-0.25, -0.2) is 0 Å². The first-order valence-electron chi connectivity index (χ1n) is 11.6. The van der Waals surface area contributed by atoms with Crippen LogP contribution >= 0.6 is 0 Å².